The van der Waals surface area contributed by atoms with Gasteiger partial charge in [-0.15, -0.1) is 8.58 Å². The summed E-state index contributed by atoms with van der Waals surface area (Å²) in [6, 6.07) is 0. The van der Waals surface area contributed by atoms with Crippen molar-refractivity contribution in [2.24, 2.45) is 11.8 Å². The molecule has 19 heavy (non-hydrogen) atoms. The third kappa shape index (κ3) is 9.68. The van der Waals surface area contributed by atoms with Gasteiger partial charge in [0.05, 0.1) is 38.6 Å². The van der Waals surface area contributed by atoms with Crippen LogP contribution in [-0.2, 0) is 19.1 Å². The lowest BCUT2D eigenvalue weighted by atomic mass is 9.99. The summed E-state index contributed by atoms with van der Waals surface area (Å²) in [4.78, 5) is 9.09. The number of hydrogen-bond acceptors (Lipinski definition) is 6. The van der Waals surface area contributed by atoms with Crippen LogP contribution in [0.25, 0.3) is 0 Å². The normalized spacial score (nSPS) is 16.9. The Kier molecular flexibility index (Phi) is 12.1. The Balaban J connectivity index is 3.94. The molecular formula is C12H29N2O4P. The second kappa shape index (κ2) is 12.0. The molecule has 0 aromatic rings. The largest absolute Gasteiger partial charge is 0.378 e. The minimum atomic E-state index is -0.183. The zero-order valence-corrected chi connectivity index (χ0v) is 13.3. The predicted molar refractivity (Wildman–Crippen MR) is 78.4 cm³/mol. The van der Waals surface area contributed by atoms with Crippen LogP contribution < -0.4 is 11.8 Å². The Labute approximate surface area is 118 Å². The quantitative estimate of drug-likeness (QED) is 0.300. The van der Waals surface area contributed by atoms with E-state index in [4.69, 9.17) is 21.3 Å². The molecule has 0 bridgehead atoms. The van der Waals surface area contributed by atoms with Crippen LogP contribution in [0, 0.1) is 0 Å². The van der Waals surface area contributed by atoms with Crippen LogP contribution in [0.4, 0.5) is 0 Å². The van der Waals surface area contributed by atoms with Crippen LogP contribution in [0.15, 0.2) is 0 Å². The third-order valence-corrected chi connectivity index (χ3v) is 4.35. The molecule has 0 saturated heterocycles. The number of rotatable bonds is 13. The topological polar surface area (TPSA) is 89.0 Å². The van der Waals surface area contributed by atoms with Gasteiger partial charge in [-0.2, -0.15) is 0 Å². The van der Waals surface area contributed by atoms with Crippen LogP contribution in [0.3, 0.4) is 0 Å². The Bertz CT molecular complexity index is 212. The van der Waals surface area contributed by atoms with Gasteiger partial charge in [-0.05, 0) is 20.0 Å². The number of ether oxygens (including phenoxy) is 2. The van der Waals surface area contributed by atoms with Crippen LogP contribution in [0.5, 0.6) is 0 Å². The fourth-order valence-corrected chi connectivity index (χ4v) is 2.01. The molecule has 7 heteroatoms. The molecule has 0 aliphatic rings. The van der Waals surface area contributed by atoms with Gasteiger partial charge < -0.3 is 19.1 Å². The summed E-state index contributed by atoms with van der Waals surface area (Å²) in [7, 11) is 0.772. The highest BCUT2D eigenvalue weighted by atomic mass is 31.1. The van der Waals surface area contributed by atoms with Gasteiger partial charge in [-0.25, -0.2) is 11.8 Å². The van der Waals surface area contributed by atoms with E-state index in [1.165, 1.54) is 0 Å². The minimum absolute atomic E-state index is 0.183. The molecule has 0 aromatic heterocycles. The van der Waals surface area contributed by atoms with Gasteiger partial charge in [-0.3, -0.25) is 0 Å². The van der Waals surface area contributed by atoms with Gasteiger partial charge in [0.25, 0.3) is 0 Å². The minimum Gasteiger partial charge on any atom is -0.378 e. The smallest absolute Gasteiger partial charge is 0.0913 e. The summed E-state index contributed by atoms with van der Waals surface area (Å²) in [6.45, 7) is 9.15. The molecule has 0 heterocycles. The van der Waals surface area contributed by atoms with Gasteiger partial charge in [0.1, 0.15) is 0 Å². The van der Waals surface area contributed by atoms with Crippen molar-refractivity contribution in [1.29, 1.82) is 0 Å². The van der Waals surface area contributed by atoms with Crippen molar-refractivity contribution < 1.29 is 19.1 Å². The summed E-state index contributed by atoms with van der Waals surface area (Å²) in [6.07, 6.45) is 1.72. The van der Waals surface area contributed by atoms with Crippen LogP contribution in [0.1, 0.15) is 26.7 Å². The van der Waals surface area contributed by atoms with Crippen LogP contribution in [0.2, 0.25) is 0 Å². The molecule has 3 unspecified atom stereocenters. The zero-order valence-electron chi connectivity index (χ0n) is 12.3. The lowest BCUT2D eigenvalue weighted by molar-refractivity contribution is -0.0615. The van der Waals surface area contributed by atoms with E-state index >= 15 is 0 Å². The lowest BCUT2D eigenvalue weighted by Crippen LogP contribution is -2.33. The molecule has 6 nitrogen and oxygen atoms in total. The Hall–Kier alpha value is 0.190. The average Bonchev–Trinajstić information content (AvgIpc) is 2.44. The van der Waals surface area contributed by atoms with E-state index in [2.05, 4.69) is 30.2 Å². The molecule has 116 valence electrons. The van der Waals surface area contributed by atoms with Crippen molar-refractivity contribution in [3.05, 3.63) is 0 Å². The maximum Gasteiger partial charge on any atom is 0.0913 e. The monoisotopic (exact) mass is 296 g/mol. The first-order valence-electron chi connectivity index (χ1n) is 6.64. The molecule has 4 N–H and O–H groups in total. The molecule has 0 spiro atoms. The first-order valence-corrected chi connectivity index (χ1v) is 8.22. The summed E-state index contributed by atoms with van der Waals surface area (Å²) in [5.74, 6) is 10.0. The van der Waals surface area contributed by atoms with E-state index in [9.17, 15) is 0 Å². The SMILES string of the molecule is CCC(C)(CCON)OCC(COCCON)PC. The first-order chi connectivity index (χ1) is 9.11. The van der Waals surface area contributed by atoms with Gasteiger partial charge in [0.2, 0.25) is 0 Å². The van der Waals surface area contributed by atoms with E-state index in [1.54, 1.807) is 0 Å². The molecule has 0 rings (SSSR count). The Morgan fingerprint density at radius 2 is 1.79 bits per heavy atom. The average molecular weight is 296 g/mol. The molecule has 0 aliphatic carbocycles. The molecule has 0 aliphatic heterocycles. The van der Waals surface area contributed by atoms with Crippen molar-refractivity contribution in [3.63, 3.8) is 0 Å². The van der Waals surface area contributed by atoms with Crippen molar-refractivity contribution in [2.45, 2.75) is 37.9 Å². The van der Waals surface area contributed by atoms with Crippen molar-refractivity contribution in [3.8, 4) is 0 Å². The number of nitrogens with two attached hydrogens (primary N) is 2. The van der Waals surface area contributed by atoms with Gasteiger partial charge in [-0.1, -0.05) is 6.92 Å². The van der Waals surface area contributed by atoms with Gasteiger partial charge in [0, 0.05) is 12.1 Å². The highest BCUT2D eigenvalue weighted by Crippen LogP contribution is 2.23. The van der Waals surface area contributed by atoms with Crippen molar-refractivity contribution in [1.82, 2.24) is 0 Å². The highest BCUT2D eigenvalue weighted by molar-refractivity contribution is 7.38. The predicted octanol–water partition coefficient (Wildman–Crippen LogP) is 1.04. The molecule has 0 amide bonds. The van der Waals surface area contributed by atoms with E-state index in [-0.39, 0.29) is 5.60 Å². The molecular weight excluding hydrogens is 267 g/mol. The molecule has 0 radical (unpaired) electrons. The van der Waals surface area contributed by atoms with Crippen LogP contribution >= 0.6 is 8.58 Å². The highest BCUT2D eigenvalue weighted by Gasteiger charge is 2.24. The summed E-state index contributed by atoms with van der Waals surface area (Å²) in [5, 5.41) is 0. The molecule has 0 saturated carbocycles. The summed E-state index contributed by atoms with van der Waals surface area (Å²) < 4.78 is 11.5. The molecule has 0 aromatic carbocycles. The lowest BCUT2D eigenvalue weighted by Gasteiger charge is -2.30. The Morgan fingerprint density at radius 1 is 1.11 bits per heavy atom. The van der Waals surface area contributed by atoms with E-state index in [0.717, 1.165) is 21.4 Å². The van der Waals surface area contributed by atoms with E-state index in [0.29, 0.717) is 38.7 Å². The maximum atomic E-state index is 6.03. The molecule has 3 atom stereocenters. The fourth-order valence-electron chi connectivity index (χ4n) is 1.48. The zero-order chi connectivity index (χ0) is 14.6. The number of hydrogen-bond donors (Lipinski definition) is 2. The van der Waals surface area contributed by atoms with Gasteiger partial charge >= 0.3 is 0 Å². The third-order valence-electron chi connectivity index (χ3n) is 3.20. The summed E-state index contributed by atoms with van der Waals surface area (Å²) >= 11 is 0. The fraction of sp³-hybridized carbons (Fsp3) is 1.00. The van der Waals surface area contributed by atoms with Crippen LogP contribution in [-0.4, -0.2) is 51.0 Å². The maximum absolute atomic E-state index is 6.03. The van der Waals surface area contributed by atoms with Gasteiger partial charge in [0.15, 0.2) is 0 Å². The molecule has 0 fully saturated rings. The standard InChI is InChI=1S/C12H29N2O4P/c1-4-12(2,5-6-17-13)16-10-11(19-3)9-15-7-8-18-14/h11,19H,4-10,13-14H2,1-3H3. The second-order valence-electron chi connectivity index (χ2n) is 4.67. The first kappa shape index (κ1) is 19.2. The van der Waals surface area contributed by atoms with Crippen molar-refractivity contribution >= 4 is 8.58 Å². The van der Waals surface area contributed by atoms with E-state index in [1.807, 2.05) is 0 Å². The van der Waals surface area contributed by atoms with E-state index < -0.39 is 0 Å². The van der Waals surface area contributed by atoms with Crippen molar-refractivity contribution in [2.75, 3.05) is 39.7 Å². The second-order valence-corrected chi connectivity index (χ2v) is 6.06. The Morgan fingerprint density at radius 3 is 2.32 bits per heavy atom. The summed E-state index contributed by atoms with van der Waals surface area (Å²) in [5.41, 5.74) is 0.222.